The molecule has 0 saturated carbocycles. The Morgan fingerprint density at radius 3 is 2.02 bits per heavy atom. The van der Waals surface area contributed by atoms with Gasteiger partial charge in [-0.05, 0) is 58.5 Å². The maximum absolute atomic E-state index is 13.2. The van der Waals surface area contributed by atoms with Gasteiger partial charge in [0.05, 0.1) is 6.20 Å². The topological polar surface area (TPSA) is 133 Å². The molecule has 0 spiro atoms. The first-order chi connectivity index (χ1) is 22.5. The number of carbonyl (C=O) groups is 1. The molecule has 0 radical (unpaired) electrons. The molecule has 2 N–H and O–H groups in total. The minimum Gasteiger partial charge on any atom is -0.444 e. The number of ether oxygens (including phenoxy) is 3. The van der Waals surface area contributed by atoms with E-state index in [0.29, 0.717) is 32.3 Å². The monoisotopic (exact) mass is 696 g/mol. The van der Waals surface area contributed by atoms with Crippen LogP contribution in [0.3, 0.4) is 0 Å². The second kappa shape index (κ2) is 14.4. The Morgan fingerprint density at radius 1 is 0.938 bits per heavy atom. The lowest BCUT2D eigenvalue weighted by Gasteiger charge is -2.39. The van der Waals surface area contributed by atoms with Gasteiger partial charge in [-0.2, -0.15) is 9.61 Å². The van der Waals surface area contributed by atoms with Crippen molar-refractivity contribution in [3.63, 3.8) is 0 Å². The van der Waals surface area contributed by atoms with E-state index >= 15 is 0 Å². The lowest BCUT2D eigenvalue weighted by Crippen LogP contribution is -2.48. The van der Waals surface area contributed by atoms with E-state index in [4.69, 9.17) is 30.0 Å². The van der Waals surface area contributed by atoms with Crippen LogP contribution < -0.4 is 10.6 Å². The summed E-state index contributed by atoms with van der Waals surface area (Å²) in [5.41, 5.74) is 8.60. The fraction of sp³-hybridized carbons (Fsp3) is 0.676. The first kappa shape index (κ1) is 36.2. The number of carbonyl (C=O) groups excluding carboxylic acids is 1. The number of anilines is 2. The number of fused-ring (bicyclic) bond motifs is 3. The van der Waals surface area contributed by atoms with Gasteiger partial charge >= 0.3 is 6.09 Å². The Bertz CT molecular complexity index is 1510. The number of nitrogens with two attached hydrogens (primary N) is 1. The number of amides is 1. The molecule has 14 heteroatoms. The van der Waals surface area contributed by atoms with Crippen molar-refractivity contribution in [1.29, 1.82) is 0 Å². The molecule has 2 aliphatic heterocycles. The van der Waals surface area contributed by atoms with E-state index in [2.05, 4.69) is 60.2 Å². The standard InChI is InChI=1S/C34H56N8O4Si2/c1-34(2,3)46-33(43)41-26-10-11-27(41)17-24(16-26)29-18-30(42-31(39-29)28(21-38-42)25-19-36-32(35)37-20-25)40(22-44-12-14-47(4,5)6)23-45-13-15-48(7,8)9/h18-21,24,26-27H,10-17,22-23H2,1-9H3,(H2,35,36,37)/t24?,26-,27+. The van der Waals surface area contributed by atoms with Crippen LogP contribution in [0.25, 0.3) is 16.8 Å². The van der Waals surface area contributed by atoms with Crippen LogP contribution in [-0.4, -0.2) is 96.1 Å². The van der Waals surface area contributed by atoms with Crippen LogP contribution in [0.2, 0.25) is 51.4 Å². The molecule has 1 amide bonds. The molecular weight excluding hydrogens is 641 g/mol. The van der Waals surface area contributed by atoms with Gasteiger partial charge in [0.15, 0.2) is 5.65 Å². The molecule has 3 aromatic rings. The molecule has 12 nitrogen and oxygen atoms in total. The van der Waals surface area contributed by atoms with E-state index in [-0.39, 0.29) is 30.0 Å². The summed E-state index contributed by atoms with van der Waals surface area (Å²) in [4.78, 5) is 31.1. The van der Waals surface area contributed by atoms with Crippen molar-refractivity contribution in [3.05, 3.63) is 30.4 Å². The van der Waals surface area contributed by atoms with Crippen molar-refractivity contribution in [2.45, 2.75) is 121 Å². The molecule has 2 fully saturated rings. The number of rotatable bonds is 13. The zero-order chi connectivity index (χ0) is 34.9. The second-order valence-electron chi connectivity index (χ2n) is 16.8. The van der Waals surface area contributed by atoms with Crippen LogP contribution in [0.1, 0.15) is 58.1 Å². The molecule has 264 valence electrons. The van der Waals surface area contributed by atoms with Crippen molar-refractivity contribution in [2.24, 2.45) is 0 Å². The highest BCUT2D eigenvalue weighted by molar-refractivity contribution is 6.76. The van der Waals surface area contributed by atoms with Gasteiger partial charge in [-0.1, -0.05) is 39.3 Å². The number of piperidine rings is 1. The number of hydrogen-bond donors (Lipinski definition) is 1. The van der Waals surface area contributed by atoms with Gasteiger partial charge in [0.2, 0.25) is 5.95 Å². The third-order valence-corrected chi connectivity index (χ3v) is 12.4. The first-order valence-electron chi connectivity index (χ1n) is 17.4. The van der Waals surface area contributed by atoms with E-state index in [1.807, 2.05) is 36.4 Å². The predicted octanol–water partition coefficient (Wildman–Crippen LogP) is 6.85. The van der Waals surface area contributed by atoms with E-state index in [9.17, 15) is 4.79 Å². The largest absolute Gasteiger partial charge is 0.444 e. The van der Waals surface area contributed by atoms with E-state index in [1.54, 1.807) is 12.4 Å². The Labute approximate surface area is 287 Å². The first-order valence-corrected chi connectivity index (χ1v) is 24.8. The Morgan fingerprint density at radius 2 is 1.50 bits per heavy atom. The second-order valence-corrected chi connectivity index (χ2v) is 28.1. The quantitative estimate of drug-likeness (QED) is 0.115. The van der Waals surface area contributed by atoms with Crippen LogP contribution in [0.5, 0.6) is 0 Å². The molecule has 0 aromatic carbocycles. The van der Waals surface area contributed by atoms with E-state index in [0.717, 1.165) is 60.4 Å². The van der Waals surface area contributed by atoms with Gasteiger partial charge in [0, 0.05) is 82.6 Å². The SMILES string of the molecule is CC(C)(C)OC(=O)N1[C@@H]2CC[C@H]1CC(c1cc(N(COCC[Si](C)(C)C)COCC[Si](C)(C)C)n3ncc(-c4cnc(N)nc4)c3n1)C2. The Kier molecular flexibility index (Phi) is 10.9. The molecule has 5 rings (SSSR count). The van der Waals surface area contributed by atoms with Gasteiger partial charge in [0.1, 0.15) is 24.9 Å². The summed E-state index contributed by atoms with van der Waals surface area (Å²) in [7, 11) is -2.53. The minimum absolute atomic E-state index is 0.117. The predicted molar refractivity (Wildman–Crippen MR) is 196 cm³/mol. The van der Waals surface area contributed by atoms with E-state index in [1.165, 1.54) is 0 Å². The average molecular weight is 697 g/mol. The molecule has 5 heterocycles. The smallest absolute Gasteiger partial charge is 0.410 e. The van der Waals surface area contributed by atoms with Gasteiger partial charge in [-0.3, -0.25) is 0 Å². The van der Waals surface area contributed by atoms with Gasteiger partial charge in [0.25, 0.3) is 0 Å². The van der Waals surface area contributed by atoms with Crippen molar-refractivity contribution in [2.75, 3.05) is 37.3 Å². The van der Waals surface area contributed by atoms with Gasteiger partial charge in [-0.15, -0.1) is 0 Å². The molecule has 2 saturated heterocycles. The van der Waals surface area contributed by atoms with Gasteiger partial charge < -0.3 is 29.7 Å². The molecule has 0 aliphatic carbocycles. The minimum atomic E-state index is -1.26. The molecule has 1 unspecified atom stereocenters. The van der Waals surface area contributed by atoms with Gasteiger partial charge in [-0.25, -0.2) is 19.7 Å². The van der Waals surface area contributed by atoms with Crippen LogP contribution >= 0.6 is 0 Å². The van der Waals surface area contributed by atoms with Crippen LogP contribution in [0.4, 0.5) is 16.6 Å². The number of nitrogen functional groups attached to an aromatic ring is 1. The molecule has 2 aliphatic rings. The summed E-state index contributed by atoms with van der Waals surface area (Å²) in [6.45, 7) is 22.1. The third kappa shape index (κ3) is 9.33. The normalized spacial score (nSPS) is 20.0. The zero-order valence-electron chi connectivity index (χ0n) is 30.5. The fourth-order valence-electron chi connectivity index (χ4n) is 6.39. The van der Waals surface area contributed by atoms with Crippen molar-refractivity contribution in [3.8, 4) is 11.1 Å². The average Bonchev–Trinajstić information content (AvgIpc) is 3.52. The Hall–Kier alpha value is -3.08. The number of nitrogens with zero attached hydrogens (tertiary/aromatic N) is 7. The molecule has 3 atom stereocenters. The maximum Gasteiger partial charge on any atom is 0.410 e. The summed E-state index contributed by atoms with van der Waals surface area (Å²) in [5, 5.41) is 4.83. The van der Waals surface area contributed by atoms with Crippen molar-refractivity contribution >= 4 is 39.7 Å². The van der Waals surface area contributed by atoms with Crippen LogP contribution in [0, 0.1) is 0 Å². The summed E-state index contributed by atoms with van der Waals surface area (Å²) in [5.74, 6) is 1.24. The van der Waals surface area contributed by atoms with Crippen LogP contribution in [0.15, 0.2) is 24.7 Å². The van der Waals surface area contributed by atoms with Crippen LogP contribution in [-0.2, 0) is 14.2 Å². The molecular formula is C34H56N8O4Si2. The maximum atomic E-state index is 13.2. The Balaban J connectivity index is 1.50. The highest BCUT2D eigenvalue weighted by Crippen LogP contribution is 2.44. The summed E-state index contributed by atoms with van der Waals surface area (Å²) < 4.78 is 20.3. The molecule has 48 heavy (non-hydrogen) atoms. The summed E-state index contributed by atoms with van der Waals surface area (Å²) >= 11 is 0. The van der Waals surface area contributed by atoms with Crippen molar-refractivity contribution < 1.29 is 19.0 Å². The summed E-state index contributed by atoms with van der Waals surface area (Å²) in [6, 6.07) is 4.55. The fourth-order valence-corrected chi connectivity index (χ4v) is 7.90. The number of hydrogen-bond acceptors (Lipinski definition) is 10. The van der Waals surface area contributed by atoms with Crippen molar-refractivity contribution in [1.82, 2.24) is 29.5 Å². The highest BCUT2D eigenvalue weighted by Gasteiger charge is 2.45. The lowest BCUT2D eigenvalue weighted by molar-refractivity contribution is 0.00569. The molecule has 2 bridgehead atoms. The number of aromatic nitrogens is 5. The zero-order valence-corrected chi connectivity index (χ0v) is 32.5. The lowest BCUT2D eigenvalue weighted by atomic mass is 9.88. The third-order valence-electron chi connectivity index (χ3n) is 9.02. The highest BCUT2D eigenvalue weighted by atomic mass is 28.3. The summed E-state index contributed by atoms with van der Waals surface area (Å²) in [6.07, 6.45) is 8.62. The molecule has 3 aromatic heterocycles. The van der Waals surface area contributed by atoms with E-state index < -0.39 is 21.7 Å².